The van der Waals surface area contributed by atoms with Crippen molar-refractivity contribution in [2.45, 2.75) is 38.9 Å². The molecule has 0 aliphatic carbocycles. The molecule has 0 saturated carbocycles. The van der Waals surface area contributed by atoms with Crippen molar-refractivity contribution in [1.82, 2.24) is 15.3 Å². The van der Waals surface area contributed by atoms with Gasteiger partial charge < -0.3 is 20.7 Å². The molecule has 1 aromatic rings. The second-order valence-electron chi connectivity index (χ2n) is 6.18. The van der Waals surface area contributed by atoms with E-state index in [1.165, 1.54) is 0 Å². The van der Waals surface area contributed by atoms with Crippen LogP contribution in [0.25, 0.3) is 0 Å². The SMILES string of the molecule is CC(C)(C)NCc1cnc(N2CCOCC2C(N)=O)nc1. The molecule has 3 N–H and O–H groups in total. The minimum atomic E-state index is -0.502. The quantitative estimate of drug-likeness (QED) is 0.815. The zero-order valence-electron chi connectivity index (χ0n) is 12.8. The van der Waals surface area contributed by atoms with E-state index in [2.05, 4.69) is 36.1 Å². The van der Waals surface area contributed by atoms with Crippen LogP contribution in [0, 0.1) is 0 Å². The minimum absolute atomic E-state index is 0.0416. The molecule has 1 aromatic heterocycles. The first-order chi connectivity index (χ1) is 9.87. The van der Waals surface area contributed by atoms with Crippen LogP contribution in [-0.2, 0) is 16.1 Å². The van der Waals surface area contributed by atoms with Gasteiger partial charge in [-0.3, -0.25) is 4.79 Å². The standard InChI is InChI=1S/C14H23N5O2/c1-14(2,3)18-8-10-6-16-13(17-7-10)19-4-5-21-9-11(19)12(15)20/h6-7,11,18H,4-5,8-9H2,1-3H3,(H2,15,20). The van der Waals surface area contributed by atoms with Gasteiger partial charge in [0.2, 0.25) is 11.9 Å². The van der Waals surface area contributed by atoms with Gasteiger partial charge in [-0.25, -0.2) is 9.97 Å². The smallest absolute Gasteiger partial charge is 0.242 e. The normalized spacial score (nSPS) is 19.6. The van der Waals surface area contributed by atoms with E-state index in [1.807, 2.05) is 0 Å². The summed E-state index contributed by atoms with van der Waals surface area (Å²) in [5, 5.41) is 3.38. The third kappa shape index (κ3) is 4.37. The molecule has 0 radical (unpaired) electrons. The van der Waals surface area contributed by atoms with Crippen molar-refractivity contribution in [2.24, 2.45) is 5.73 Å². The van der Waals surface area contributed by atoms with E-state index in [0.717, 1.165) is 5.56 Å². The maximum absolute atomic E-state index is 11.5. The van der Waals surface area contributed by atoms with Crippen molar-refractivity contribution in [3.8, 4) is 0 Å². The fourth-order valence-corrected chi connectivity index (χ4v) is 2.03. The van der Waals surface area contributed by atoms with Crippen LogP contribution in [0.5, 0.6) is 0 Å². The highest BCUT2D eigenvalue weighted by atomic mass is 16.5. The minimum Gasteiger partial charge on any atom is -0.377 e. The Morgan fingerprint density at radius 3 is 2.71 bits per heavy atom. The van der Waals surface area contributed by atoms with Gasteiger partial charge in [0, 0.05) is 36.6 Å². The average molecular weight is 293 g/mol. The zero-order chi connectivity index (χ0) is 15.5. The summed E-state index contributed by atoms with van der Waals surface area (Å²) in [5.74, 6) is 0.0957. The highest BCUT2D eigenvalue weighted by Crippen LogP contribution is 2.15. The Labute approximate surface area is 124 Å². The van der Waals surface area contributed by atoms with Gasteiger partial charge in [0.05, 0.1) is 13.2 Å². The van der Waals surface area contributed by atoms with Gasteiger partial charge in [-0.05, 0) is 20.8 Å². The van der Waals surface area contributed by atoms with E-state index >= 15 is 0 Å². The molecule has 0 spiro atoms. The van der Waals surface area contributed by atoms with Crippen molar-refractivity contribution < 1.29 is 9.53 Å². The van der Waals surface area contributed by atoms with Crippen molar-refractivity contribution in [3.05, 3.63) is 18.0 Å². The molecule has 1 fully saturated rings. The van der Waals surface area contributed by atoms with Crippen molar-refractivity contribution in [2.75, 3.05) is 24.7 Å². The second-order valence-corrected chi connectivity index (χ2v) is 6.18. The lowest BCUT2D eigenvalue weighted by Gasteiger charge is -2.33. The predicted octanol–water partition coefficient (Wildman–Crippen LogP) is 0.0552. The third-order valence-corrected chi connectivity index (χ3v) is 3.23. The molecule has 1 aliphatic rings. The van der Waals surface area contributed by atoms with Crippen LogP contribution < -0.4 is 16.0 Å². The number of hydrogen-bond acceptors (Lipinski definition) is 6. The molecule has 7 heteroatoms. The Balaban J connectivity index is 2.05. The second kappa shape index (κ2) is 6.36. The molecule has 2 heterocycles. The van der Waals surface area contributed by atoms with Gasteiger partial charge in [-0.15, -0.1) is 0 Å². The summed E-state index contributed by atoms with van der Waals surface area (Å²) < 4.78 is 5.29. The first-order valence-corrected chi connectivity index (χ1v) is 7.06. The molecule has 0 bridgehead atoms. The first kappa shape index (κ1) is 15.7. The van der Waals surface area contributed by atoms with Crippen LogP contribution in [-0.4, -0.2) is 47.2 Å². The summed E-state index contributed by atoms with van der Waals surface area (Å²) in [5.41, 5.74) is 6.43. The Hall–Kier alpha value is -1.73. The first-order valence-electron chi connectivity index (χ1n) is 7.06. The molecule has 1 atom stereocenters. The maximum Gasteiger partial charge on any atom is 0.242 e. The number of carbonyl (C=O) groups is 1. The molecule has 2 rings (SSSR count). The molecule has 7 nitrogen and oxygen atoms in total. The van der Waals surface area contributed by atoms with Crippen LogP contribution in [0.2, 0.25) is 0 Å². The van der Waals surface area contributed by atoms with Crippen LogP contribution >= 0.6 is 0 Å². The van der Waals surface area contributed by atoms with Crippen LogP contribution in [0.1, 0.15) is 26.3 Å². The number of carbonyl (C=O) groups excluding carboxylic acids is 1. The van der Waals surface area contributed by atoms with E-state index in [0.29, 0.717) is 25.6 Å². The van der Waals surface area contributed by atoms with Gasteiger partial charge in [-0.2, -0.15) is 0 Å². The molecule has 1 aliphatic heterocycles. The van der Waals surface area contributed by atoms with Crippen LogP contribution in [0.3, 0.4) is 0 Å². The molecule has 1 unspecified atom stereocenters. The van der Waals surface area contributed by atoms with Crippen molar-refractivity contribution in [1.29, 1.82) is 0 Å². The number of aromatic nitrogens is 2. The summed E-state index contributed by atoms with van der Waals surface area (Å²) in [7, 11) is 0. The van der Waals surface area contributed by atoms with E-state index in [4.69, 9.17) is 10.5 Å². The maximum atomic E-state index is 11.5. The molecule has 1 saturated heterocycles. The number of morpholine rings is 1. The number of rotatable bonds is 4. The lowest BCUT2D eigenvalue weighted by Crippen LogP contribution is -2.53. The molecule has 1 amide bonds. The molecule has 0 aromatic carbocycles. The highest BCUT2D eigenvalue weighted by Gasteiger charge is 2.29. The Kier molecular flexibility index (Phi) is 4.74. The van der Waals surface area contributed by atoms with Gasteiger partial charge >= 0.3 is 0 Å². The van der Waals surface area contributed by atoms with E-state index in [9.17, 15) is 4.79 Å². The zero-order valence-corrected chi connectivity index (χ0v) is 12.8. The van der Waals surface area contributed by atoms with Gasteiger partial charge in [-0.1, -0.05) is 0 Å². The summed E-state index contributed by atoms with van der Waals surface area (Å²) in [4.78, 5) is 21.9. The fourth-order valence-electron chi connectivity index (χ4n) is 2.03. The topological polar surface area (TPSA) is 93.4 Å². The number of amides is 1. The third-order valence-electron chi connectivity index (χ3n) is 3.23. The van der Waals surface area contributed by atoms with E-state index in [-0.39, 0.29) is 12.1 Å². The van der Waals surface area contributed by atoms with Gasteiger partial charge in [0.25, 0.3) is 0 Å². The fraction of sp³-hybridized carbons (Fsp3) is 0.643. The van der Waals surface area contributed by atoms with Crippen molar-refractivity contribution >= 4 is 11.9 Å². The summed E-state index contributed by atoms with van der Waals surface area (Å²) in [6, 6.07) is -0.502. The van der Waals surface area contributed by atoms with E-state index < -0.39 is 11.9 Å². The molecular weight excluding hydrogens is 270 g/mol. The molecule has 21 heavy (non-hydrogen) atoms. The number of ether oxygens (including phenoxy) is 1. The average Bonchev–Trinajstić information content (AvgIpc) is 2.45. The number of nitrogens with zero attached hydrogens (tertiary/aromatic N) is 3. The monoisotopic (exact) mass is 293 g/mol. The Morgan fingerprint density at radius 2 is 2.14 bits per heavy atom. The summed E-state index contributed by atoms with van der Waals surface area (Å²) in [6.07, 6.45) is 3.54. The predicted molar refractivity (Wildman–Crippen MR) is 79.8 cm³/mol. The number of nitrogens with two attached hydrogens (primary N) is 1. The Morgan fingerprint density at radius 1 is 1.48 bits per heavy atom. The van der Waals surface area contributed by atoms with Crippen LogP contribution in [0.4, 0.5) is 5.95 Å². The molecular formula is C14H23N5O2. The number of primary amides is 1. The lowest BCUT2D eigenvalue weighted by atomic mass is 10.1. The van der Waals surface area contributed by atoms with Gasteiger partial charge in [0.1, 0.15) is 6.04 Å². The number of hydrogen-bond donors (Lipinski definition) is 2. The van der Waals surface area contributed by atoms with Crippen molar-refractivity contribution in [3.63, 3.8) is 0 Å². The Bertz CT molecular complexity index is 483. The summed E-state index contributed by atoms with van der Waals surface area (Å²) >= 11 is 0. The van der Waals surface area contributed by atoms with E-state index in [1.54, 1.807) is 17.3 Å². The largest absolute Gasteiger partial charge is 0.377 e. The highest BCUT2D eigenvalue weighted by molar-refractivity contribution is 5.83. The molecule has 116 valence electrons. The number of anilines is 1. The van der Waals surface area contributed by atoms with Gasteiger partial charge in [0.15, 0.2) is 0 Å². The van der Waals surface area contributed by atoms with Crippen LogP contribution in [0.15, 0.2) is 12.4 Å². The number of nitrogens with one attached hydrogen (secondary N) is 1. The summed E-state index contributed by atoms with van der Waals surface area (Å²) in [6.45, 7) is 8.40. The lowest BCUT2D eigenvalue weighted by molar-refractivity contribution is -0.121.